The van der Waals surface area contributed by atoms with Gasteiger partial charge in [-0.3, -0.25) is 5.41 Å². The first-order chi connectivity index (χ1) is 6.20. The second kappa shape index (κ2) is 4.97. The number of rotatable bonds is 5. The number of aryl methyl sites for hydroxylation is 1. The number of tetrazole rings is 1. The number of aromatic amines is 1. The Hall–Kier alpha value is -0.890. The molecular formula is C5H10N6S2. The fourth-order valence-electron chi connectivity index (χ4n) is 0.699. The molecule has 0 atom stereocenters. The highest BCUT2D eigenvalue weighted by atomic mass is 32.2. The lowest BCUT2D eigenvalue weighted by Crippen LogP contribution is -2.13. The van der Waals surface area contributed by atoms with E-state index in [0.717, 1.165) is 5.75 Å². The minimum Gasteiger partial charge on any atom is -0.387 e. The van der Waals surface area contributed by atoms with Gasteiger partial charge in [0, 0.05) is 5.75 Å². The molecule has 13 heavy (non-hydrogen) atoms. The van der Waals surface area contributed by atoms with Crippen molar-refractivity contribution in [3.8, 4) is 0 Å². The number of nitrogens with one attached hydrogen (secondary N) is 2. The molecule has 1 aromatic rings. The van der Waals surface area contributed by atoms with Crippen molar-refractivity contribution >= 4 is 29.8 Å². The number of nitrogens with two attached hydrogens (primary N) is 1. The number of hydrogen-bond acceptors (Lipinski definition) is 5. The molecule has 0 fully saturated rings. The van der Waals surface area contributed by atoms with Gasteiger partial charge >= 0.3 is 0 Å². The zero-order valence-corrected chi connectivity index (χ0v) is 8.49. The lowest BCUT2D eigenvalue weighted by atomic mass is 10.7. The van der Waals surface area contributed by atoms with Crippen LogP contribution in [0.4, 0.5) is 0 Å². The Balaban J connectivity index is 2.24. The Kier molecular flexibility index (Phi) is 3.90. The van der Waals surface area contributed by atoms with Crippen LogP contribution in [0.15, 0.2) is 0 Å². The number of H-pyrrole nitrogens is 1. The largest absolute Gasteiger partial charge is 0.387 e. The van der Waals surface area contributed by atoms with Crippen molar-refractivity contribution in [3.05, 3.63) is 4.77 Å². The highest BCUT2D eigenvalue weighted by Gasteiger charge is 1.95. The van der Waals surface area contributed by atoms with E-state index in [9.17, 15) is 0 Å². The Morgan fingerprint density at radius 1 is 1.77 bits per heavy atom. The van der Waals surface area contributed by atoms with Crippen molar-refractivity contribution in [2.45, 2.75) is 6.54 Å². The average molecular weight is 218 g/mol. The molecule has 4 N–H and O–H groups in total. The fraction of sp³-hybridized carbons (Fsp3) is 0.600. The molecule has 0 saturated carbocycles. The minimum absolute atomic E-state index is 0.191. The Morgan fingerprint density at radius 3 is 3.08 bits per heavy atom. The van der Waals surface area contributed by atoms with Gasteiger partial charge in [0.15, 0.2) is 0 Å². The van der Waals surface area contributed by atoms with Crippen molar-refractivity contribution in [1.82, 2.24) is 20.2 Å². The summed E-state index contributed by atoms with van der Waals surface area (Å²) in [7, 11) is 0. The van der Waals surface area contributed by atoms with E-state index < -0.39 is 0 Å². The van der Waals surface area contributed by atoms with Gasteiger partial charge in [-0.15, -0.1) is 0 Å². The first-order valence-electron chi connectivity index (χ1n) is 3.58. The monoisotopic (exact) mass is 218 g/mol. The van der Waals surface area contributed by atoms with E-state index in [1.54, 1.807) is 16.4 Å². The van der Waals surface area contributed by atoms with Gasteiger partial charge < -0.3 is 5.73 Å². The summed E-state index contributed by atoms with van der Waals surface area (Å²) in [6.45, 7) is 0.712. The van der Waals surface area contributed by atoms with Crippen LogP contribution in [0, 0.1) is 10.2 Å². The van der Waals surface area contributed by atoms with E-state index in [2.05, 4.69) is 15.5 Å². The van der Waals surface area contributed by atoms with Crippen LogP contribution in [-0.2, 0) is 6.54 Å². The van der Waals surface area contributed by atoms with E-state index in [-0.39, 0.29) is 5.84 Å². The number of thioether (sulfide) groups is 1. The standard InChI is InChI=1S/C5H10N6S2/c6-4(7)3-13-2-1-11-5(12)8-9-10-11/h1-3H2,(H3,6,7)(H,8,10,12). The summed E-state index contributed by atoms with van der Waals surface area (Å²) in [6, 6.07) is 0. The molecule has 0 unspecified atom stereocenters. The second-order valence-corrected chi connectivity index (χ2v) is 3.78. The van der Waals surface area contributed by atoms with Crippen molar-refractivity contribution in [2.24, 2.45) is 5.73 Å². The second-order valence-electron chi connectivity index (χ2n) is 2.31. The van der Waals surface area contributed by atoms with Crippen molar-refractivity contribution in [1.29, 1.82) is 5.41 Å². The van der Waals surface area contributed by atoms with Gasteiger partial charge in [-0.2, -0.15) is 17.0 Å². The molecule has 0 amide bonds. The van der Waals surface area contributed by atoms with Gasteiger partial charge in [0.2, 0.25) is 4.77 Å². The third-order valence-corrected chi connectivity index (χ3v) is 2.54. The maximum atomic E-state index is 6.99. The topological polar surface area (TPSA) is 96.4 Å². The van der Waals surface area contributed by atoms with Crippen molar-refractivity contribution < 1.29 is 0 Å². The van der Waals surface area contributed by atoms with Crippen molar-refractivity contribution in [2.75, 3.05) is 11.5 Å². The summed E-state index contributed by atoms with van der Waals surface area (Å²) in [5, 5.41) is 16.8. The molecule has 1 rings (SSSR count). The highest BCUT2D eigenvalue weighted by molar-refractivity contribution is 7.99. The maximum absolute atomic E-state index is 6.99. The van der Waals surface area contributed by atoms with Crippen LogP contribution in [-0.4, -0.2) is 37.5 Å². The third-order valence-electron chi connectivity index (χ3n) is 1.25. The van der Waals surface area contributed by atoms with Gasteiger partial charge in [0.1, 0.15) is 5.84 Å². The zero-order chi connectivity index (χ0) is 9.68. The molecule has 0 bridgehead atoms. The molecule has 0 aliphatic rings. The van der Waals surface area contributed by atoms with E-state index >= 15 is 0 Å². The van der Waals surface area contributed by atoms with Gasteiger partial charge in [-0.05, 0) is 12.2 Å². The summed E-state index contributed by atoms with van der Waals surface area (Å²) < 4.78 is 2.12. The molecule has 0 saturated heterocycles. The van der Waals surface area contributed by atoms with E-state index in [0.29, 0.717) is 17.1 Å². The molecular weight excluding hydrogens is 208 g/mol. The Bertz CT molecular complexity index is 328. The maximum Gasteiger partial charge on any atom is 0.238 e. The van der Waals surface area contributed by atoms with Crippen molar-refractivity contribution in [3.63, 3.8) is 0 Å². The summed E-state index contributed by atoms with van der Waals surface area (Å²) in [6.07, 6.45) is 0. The average Bonchev–Trinajstić information content (AvgIpc) is 2.45. The van der Waals surface area contributed by atoms with Gasteiger partial charge in [0.05, 0.1) is 12.3 Å². The highest BCUT2D eigenvalue weighted by Crippen LogP contribution is 1.99. The summed E-state index contributed by atoms with van der Waals surface area (Å²) >= 11 is 6.44. The number of amidine groups is 1. The first-order valence-corrected chi connectivity index (χ1v) is 5.15. The Labute approximate surface area is 84.4 Å². The molecule has 72 valence electrons. The SMILES string of the molecule is N=C(N)CSCCn1[nH]nnc1=S. The summed E-state index contributed by atoms with van der Waals surface area (Å²) in [5.41, 5.74) is 5.18. The van der Waals surface area contributed by atoms with Crippen LogP contribution in [0.25, 0.3) is 0 Å². The van der Waals surface area contributed by atoms with Crippen LogP contribution in [0.3, 0.4) is 0 Å². The lowest BCUT2D eigenvalue weighted by molar-refractivity contribution is 0.625. The number of nitrogens with zero attached hydrogens (tertiary/aromatic N) is 3. The van der Waals surface area contributed by atoms with Crippen LogP contribution in [0.1, 0.15) is 0 Å². The normalized spacial score (nSPS) is 10.2. The van der Waals surface area contributed by atoms with Crippen LogP contribution in [0.5, 0.6) is 0 Å². The minimum atomic E-state index is 0.191. The van der Waals surface area contributed by atoms with Gasteiger partial charge in [0.25, 0.3) is 0 Å². The summed E-state index contributed by atoms with van der Waals surface area (Å²) in [4.78, 5) is 0. The van der Waals surface area contributed by atoms with Crippen LogP contribution in [0.2, 0.25) is 0 Å². The molecule has 0 aliphatic carbocycles. The number of hydrogen-bond donors (Lipinski definition) is 3. The Morgan fingerprint density at radius 2 is 2.54 bits per heavy atom. The molecule has 1 heterocycles. The first kappa shape index (κ1) is 10.2. The molecule has 0 aliphatic heterocycles. The third kappa shape index (κ3) is 3.55. The quantitative estimate of drug-likeness (QED) is 0.280. The predicted molar refractivity (Wildman–Crippen MR) is 54.4 cm³/mol. The van der Waals surface area contributed by atoms with E-state index in [4.69, 9.17) is 23.4 Å². The predicted octanol–water partition coefficient (Wildman–Crippen LogP) is 0.00486. The molecule has 8 heteroatoms. The fourth-order valence-corrected chi connectivity index (χ4v) is 1.55. The smallest absolute Gasteiger partial charge is 0.238 e. The van der Waals surface area contributed by atoms with Crippen LogP contribution < -0.4 is 5.73 Å². The van der Waals surface area contributed by atoms with E-state index in [1.807, 2.05) is 0 Å². The molecule has 0 aromatic carbocycles. The van der Waals surface area contributed by atoms with E-state index in [1.165, 1.54) is 0 Å². The molecule has 6 nitrogen and oxygen atoms in total. The van der Waals surface area contributed by atoms with Gasteiger partial charge in [-0.1, -0.05) is 10.3 Å². The molecule has 0 radical (unpaired) electrons. The summed E-state index contributed by atoms with van der Waals surface area (Å²) in [5.74, 6) is 1.57. The van der Waals surface area contributed by atoms with Crippen LogP contribution >= 0.6 is 24.0 Å². The number of aromatic nitrogens is 4. The van der Waals surface area contributed by atoms with Gasteiger partial charge in [-0.25, -0.2) is 4.68 Å². The zero-order valence-electron chi connectivity index (χ0n) is 6.86. The molecule has 1 aromatic heterocycles. The molecule has 0 spiro atoms. The lowest BCUT2D eigenvalue weighted by Gasteiger charge is -1.99.